The molecule has 1 saturated heterocycles. The average Bonchev–Trinajstić information content (AvgIpc) is 2.78. The van der Waals surface area contributed by atoms with Gasteiger partial charge in [0, 0.05) is 6.42 Å². The van der Waals surface area contributed by atoms with Crippen molar-refractivity contribution >= 4 is 0 Å². The fourth-order valence-electron chi connectivity index (χ4n) is 1.78. The molecular weight excluding hydrogens is 218 g/mol. The second-order valence-corrected chi connectivity index (χ2v) is 3.94. The molecule has 4 heteroatoms. The van der Waals surface area contributed by atoms with Crippen LogP contribution in [0.1, 0.15) is 12.0 Å². The van der Waals surface area contributed by atoms with Gasteiger partial charge in [-0.25, -0.2) is 0 Å². The van der Waals surface area contributed by atoms with E-state index in [0.29, 0.717) is 19.4 Å². The number of hydrogen-bond acceptors (Lipinski definition) is 4. The van der Waals surface area contributed by atoms with E-state index in [1.54, 1.807) is 7.11 Å². The van der Waals surface area contributed by atoms with Crippen molar-refractivity contribution in [1.82, 2.24) is 0 Å². The summed E-state index contributed by atoms with van der Waals surface area (Å²) in [5, 5.41) is 8.56. The van der Waals surface area contributed by atoms with Gasteiger partial charge in [-0.2, -0.15) is 5.26 Å². The van der Waals surface area contributed by atoms with Crippen molar-refractivity contribution in [3.05, 3.63) is 29.8 Å². The summed E-state index contributed by atoms with van der Waals surface area (Å²) in [5.41, 5.74) is 1.13. The highest BCUT2D eigenvalue weighted by molar-refractivity contribution is 5.27. The van der Waals surface area contributed by atoms with E-state index in [4.69, 9.17) is 19.5 Å². The molecule has 0 N–H and O–H groups in total. The molecule has 0 bridgehead atoms. The van der Waals surface area contributed by atoms with Crippen molar-refractivity contribution in [2.75, 3.05) is 13.7 Å². The summed E-state index contributed by atoms with van der Waals surface area (Å²) < 4.78 is 16.2. The molecule has 0 amide bonds. The maximum Gasteiger partial charge on any atom is 0.162 e. The molecule has 17 heavy (non-hydrogen) atoms. The molecule has 2 unspecified atom stereocenters. The van der Waals surface area contributed by atoms with E-state index in [9.17, 15) is 0 Å². The predicted molar refractivity (Wildman–Crippen MR) is 61.5 cm³/mol. The van der Waals surface area contributed by atoms with Crippen LogP contribution < -0.4 is 4.74 Å². The molecule has 1 fully saturated rings. The van der Waals surface area contributed by atoms with Crippen LogP contribution in [0.2, 0.25) is 0 Å². The van der Waals surface area contributed by atoms with Crippen LogP contribution in [0.25, 0.3) is 0 Å². The van der Waals surface area contributed by atoms with Crippen LogP contribution in [0.15, 0.2) is 24.3 Å². The number of nitrogens with zero attached hydrogens (tertiary/aromatic N) is 1. The first kappa shape index (κ1) is 11.9. The van der Waals surface area contributed by atoms with Crippen LogP contribution in [-0.2, 0) is 15.9 Å². The topological polar surface area (TPSA) is 51.5 Å². The Morgan fingerprint density at radius 1 is 1.41 bits per heavy atom. The van der Waals surface area contributed by atoms with Crippen molar-refractivity contribution < 1.29 is 14.2 Å². The lowest BCUT2D eigenvalue weighted by molar-refractivity contribution is -0.0548. The van der Waals surface area contributed by atoms with Crippen molar-refractivity contribution in [1.29, 1.82) is 5.26 Å². The lowest BCUT2D eigenvalue weighted by atomic mass is 10.1. The largest absolute Gasteiger partial charge is 0.497 e. The van der Waals surface area contributed by atoms with Crippen molar-refractivity contribution in [2.45, 2.75) is 25.2 Å². The maximum absolute atomic E-state index is 8.56. The molecule has 1 aliphatic rings. The Kier molecular flexibility index (Phi) is 3.97. The minimum Gasteiger partial charge on any atom is -0.497 e. The fourth-order valence-corrected chi connectivity index (χ4v) is 1.78. The summed E-state index contributed by atoms with van der Waals surface area (Å²) >= 11 is 0. The van der Waals surface area contributed by atoms with Crippen LogP contribution in [0.4, 0.5) is 0 Å². The quantitative estimate of drug-likeness (QED) is 0.797. The molecule has 1 aliphatic heterocycles. The summed E-state index contributed by atoms with van der Waals surface area (Å²) in [6.45, 7) is 0.508. The Balaban J connectivity index is 1.87. The lowest BCUT2D eigenvalue weighted by Crippen LogP contribution is -2.14. The highest BCUT2D eigenvalue weighted by Gasteiger charge is 2.25. The number of methoxy groups -OCH3 is 1. The van der Waals surface area contributed by atoms with Crippen LogP contribution in [0.3, 0.4) is 0 Å². The van der Waals surface area contributed by atoms with Gasteiger partial charge in [-0.05, 0) is 17.7 Å². The van der Waals surface area contributed by atoms with Crippen molar-refractivity contribution in [3.8, 4) is 11.8 Å². The Morgan fingerprint density at radius 2 is 2.18 bits per heavy atom. The molecule has 2 atom stereocenters. The standard InChI is InChI=1S/C13H15NO3/c1-15-11-4-2-10(3-5-11)8-13-16-9-12(17-13)6-7-14/h2-5,12-13H,6,8-9H2,1H3. The Morgan fingerprint density at radius 3 is 2.82 bits per heavy atom. The minimum absolute atomic E-state index is 0.0803. The molecule has 0 aliphatic carbocycles. The van der Waals surface area contributed by atoms with E-state index in [1.165, 1.54) is 0 Å². The second-order valence-electron chi connectivity index (χ2n) is 3.94. The molecule has 1 heterocycles. The first-order valence-electron chi connectivity index (χ1n) is 5.58. The molecule has 1 aromatic rings. The Bertz CT molecular complexity index is 396. The first-order valence-corrected chi connectivity index (χ1v) is 5.58. The highest BCUT2D eigenvalue weighted by Crippen LogP contribution is 2.19. The third kappa shape index (κ3) is 3.19. The number of benzene rings is 1. The van der Waals surface area contributed by atoms with Gasteiger partial charge in [0.1, 0.15) is 5.75 Å². The maximum atomic E-state index is 8.56. The first-order chi connectivity index (χ1) is 8.31. The average molecular weight is 233 g/mol. The van der Waals surface area contributed by atoms with Gasteiger partial charge in [0.05, 0.1) is 32.3 Å². The SMILES string of the molecule is COc1ccc(CC2OCC(CC#N)O2)cc1. The van der Waals surface area contributed by atoms with Crippen LogP contribution in [0.5, 0.6) is 5.75 Å². The lowest BCUT2D eigenvalue weighted by Gasteiger charge is -2.10. The normalized spacial score (nSPS) is 23.3. The number of ether oxygens (including phenoxy) is 3. The van der Waals surface area contributed by atoms with E-state index in [1.807, 2.05) is 24.3 Å². The molecule has 90 valence electrons. The number of hydrogen-bond donors (Lipinski definition) is 0. The fraction of sp³-hybridized carbons (Fsp3) is 0.462. The zero-order valence-corrected chi connectivity index (χ0v) is 9.76. The molecule has 0 spiro atoms. The Hall–Kier alpha value is -1.57. The van der Waals surface area contributed by atoms with Crippen LogP contribution >= 0.6 is 0 Å². The molecule has 0 saturated carbocycles. The molecule has 1 aromatic carbocycles. The van der Waals surface area contributed by atoms with Gasteiger partial charge in [-0.3, -0.25) is 0 Å². The van der Waals surface area contributed by atoms with E-state index >= 15 is 0 Å². The summed E-state index contributed by atoms with van der Waals surface area (Å²) in [4.78, 5) is 0. The second kappa shape index (κ2) is 5.67. The molecule has 2 rings (SSSR count). The van der Waals surface area contributed by atoms with Crippen LogP contribution in [-0.4, -0.2) is 26.1 Å². The van der Waals surface area contributed by atoms with Gasteiger partial charge in [0.25, 0.3) is 0 Å². The third-order valence-electron chi connectivity index (χ3n) is 2.69. The zero-order valence-electron chi connectivity index (χ0n) is 9.76. The van der Waals surface area contributed by atoms with Gasteiger partial charge in [0.15, 0.2) is 6.29 Å². The van der Waals surface area contributed by atoms with Crippen molar-refractivity contribution in [3.63, 3.8) is 0 Å². The van der Waals surface area contributed by atoms with Gasteiger partial charge in [0.2, 0.25) is 0 Å². The van der Waals surface area contributed by atoms with Crippen molar-refractivity contribution in [2.24, 2.45) is 0 Å². The molecular formula is C13H15NO3. The predicted octanol–water partition coefficient (Wildman–Crippen LogP) is 1.89. The minimum atomic E-state index is -0.234. The molecule has 0 aromatic heterocycles. The summed E-state index contributed by atoms with van der Waals surface area (Å²) in [5.74, 6) is 0.837. The van der Waals surface area contributed by atoms with Gasteiger partial charge in [-0.1, -0.05) is 12.1 Å². The number of rotatable bonds is 4. The molecule has 4 nitrogen and oxygen atoms in total. The smallest absolute Gasteiger partial charge is 0.162 e. The third-order valence-corrected chi connectivity index (χ3v) is 2.69. The number of nitriles is 1. The summed E-state index contributed by atoms with van der Waals surface area (Å²) in [7, 11) is 1.64. The molecule has 0 radical (unpaired) electrons. The van der Waals surface area contributed by atoms with E-state index in [0.717, 1.165) is 11.3 Å². The van der Waals surface area contributed by atoms with Gasteiger partial charge >= 0.3 is 0 Å². The van der Waals surface area contributed by atoms with E-state index in [-0.39, 0.29) is 12.4 Å². The summed E-state index contributed by atoms with van der Waals surface area (Å²) in [6.07, 6.45) is 0.774. The monoisotopic (exact) mass is 233 g/mol. The van der Waals surface area contributed by atoms with Gasteiger partial charge in [-0.15, -0.1) is 0 Å². The highest BCUT2D eigenvalue weighted by atomic mass is 16.7. The summed E-state index contributed by atoms with van der Waals surface area (Å²) in [6, 6.07) is 9.89. The Labute approximate surface area is 101 Å². The van der Waals surface area contributed by atoms with E-state index in [2.05, 4.69) is 6.07 Å². The van der Waals surface area contributed by atoms with Crippen LogP contribution in [0, 0.1) is 11.3 Å². The zero-order chi connectivity index (χ0) is 12.1. The van der Waals surface area contributed by atoms with E-state index < -0.39 is 0 Å². The van der Waals surface area contributed by atoms with Gasteiger partial charge < -0.3 is 14.2 Å².